The van der Waals surface area contributed by atoms with Gasteiger partial charge in [-0.1, -0.05) is 23.7 Å². The van der Waals surface area contributed by atoms with Crippen LogP contribution >= 0.6 is 23.8 Å². The molecule has 0 spiro atoms. The normalized spacial score (nSPS) is 10.1. The lowest BCUT2D eigenvalue weighted by atomic mass is 10.2. The number of halogens is 1. The number of carbonyl (C=O) groups excluding carboxylic acids is 1. The first-order chi connectivity index (χ1) is 11.3. The number of carbonyl (C=O) groups is 1. The molecule has 0 aliphatic rings. The van der Waals surface area contributed by atoms with Crippen molar-refractivity contribution in [1.29, 1.82) is 0 Å². The van der Waals surface area contributed by atoms with E-state index in [1.807, 2.05) is 26.0 Å². The summed E-state index contributed by atoms with van der Waals surface area (Å²) in [7, 11) is 0. The molecule has 0 fully saturated rings. The number of rotatable bonds is 4. The Morgan fingerprint density at radius 3 is 2.54 bits per heavy atom. The van der Waals surface area contributed by atoms with Crippen molar-refractivity contribution in [2.75, 3.05) is 11.9 Å². The molecule has 0 bridgehead atoms. The van der Waals surface area contributed by atoms with Crippen LogP contribution in [0.1, 0.15) is 11.1 Å². The van der Waals surface area contributed by atoms with Crippen LogP contribution < -0.4 is 15.4 Å². The fraction of sp³-hybridized carbons (Fsp3) is 0.176. The predicted molar refractivity (Wildman–Crippen MR) is 98.9 cm³/mol. The third kappa shape index (κ3) is 5.11. The van der Waals surface area contributed by atoms with Gasteiger partial charge in [0.2, 0.25) is 0 Å². The molecule has 0 unspecified atom stereocenters. The van der Waals surface area contributed by atoms with Crippen molar-refractivity contribution in [3.8, 4) is 11.5 Å². The maximum absolute atomic E-state index is 11.9. The Morgan fingerprint density at radius 1 is 1.21 bits per heavy atom. The summed E-state index contributed by atoms with van der Waals surface area (Å²) >= 11 is 11.1. The van der Waals surface area contributed by atoms with E-state index >= 15 is 0 Å². The van der Waals surface area contributed by atoms with E-state index in [-0.39, 0.29) is 17.5 Å². The molecule has 3 N–H and O–H groups in total. The molecule has 0 saturated heterocycles. The number of ether oxygens (including phenoxy) is 1. The molecule has 0 heterocycles. The molecule has 0 radical (unpaired) electrons. The van der Waals surface area contributed by atoms with Crippen molar-refractivity contribution in [1.82, 2.24) is 5.32 Å². The van der Waals surface area contributed by atoms with E-state index in [0.717, 1.165) is 11.1 Å². The lowest BCUT2D eigenvalue weighted by Crippen LogP contribution is -2.37. The van der Waals surface area contributed by atoms with E-state index in [1.54, 1.807) is 24.3 Å². The number of aromatic hydroxyl groups is 1. The standard InChI is InChI=1S/C17H17ClN2O3S/c1-10-4-6-15(12(18)7-10)23-9-16(22)20-17(24)19-13-5-3-11(2)8-14(13)21/h3-8,21H,9H2,1-2H3,(H2,19,20,22,24). The van der Waals surface area contributed by atoms with Crippen molar-refractivity contribution in [2.45, 2.75) is 13.8 Å². The molecule has 0 aliphatic heterocycles. The van der Waals surface area contributed by atoms with Crippen molar-refractivity contribution in [3.63, 3.8) is 0 Å². The highest BCUT2D eigenvalue weighted by atomic mass is 35.5. The smallest absolute Gasteiger partial charge is 0.264 e. The largest absolute Gasteiger partial charge is 0.506 e. The van der Waals surface area contributed by atoms with Gasteiger partial charge in [-0.2, -0.15) is 0 Å². The van der Waals surface area contributed by atoms with E-state index in [2.05, 4.69) is 10.6 Å². The minimum absolute atomic E-state index is 0.0503. The fourth-order valence-corrected chi connectivity index (χ4v) is 2.44. The molecule has 0 aliphatic carbocycles. The number of nitrogens with one attached hydrogen (secondary N) is 2. The minimum Gasteiger partial charge on any atom is -0.506 e. The molecular weight excluding hydrogens is 348 g/mol. The Labute approximate surface area is 150 Å². The lowest BCUT2D eigenvalue weighted by Gasteiger charge is -2.12. The van der Waals surface area contributed by atoms with Crippen LogP contribution in [0, 0.1) is 13.8 Å². The third-order valence-corrected chi connectivity index (χ3v) is 3.60. The van der Waals surface area contributed by atoms with E-state index < -0.39 is 5.91 Å². The van der Waals surface area contributed by atoms with Crippen LogP contribution in [0.4, 0.5) is 5.69 Å². The molecule has 7 heteroatoms. The summed E-state index contributed by atoms with van der Waals surface area (Å²) in [5.41, 5.74) is 2.32. The second-order valence-corrected chi connectivity index (χ2v) is 6.06. The number of benzene rings is 2. The molecule has 2 aromatic carbocycles. The first-order valence-corrected chi connectivity index (χ1v) is 7.93. The highest BCUT2D eigenvalue weighted by Gasteiger charge is 2.09. The molecule has 2 aromatic rings. The van der Waals surface area contributed by atoms with Gasteiger partial charge in [-0.3, -0.25) is 10.1 Å². The van der Waals surface area contributed by atoms with Crippen molar-refractivity contribution >= 4 is 40.5 Å². The van der Waals surface area contributed by atoms with Crippen LogP contribution in [-0.2, 0) is 4.79 Å². The summed E-state index contributed by atoms with van der Waals surface area (Å²) in [5, 5.41) is 15.5. The zero-order chi connectivity index (χ0) is 17.7. The molecule has 126 valence electrons. The third-order valence-electron chi connectivity index (χ3n) is 3.10. The summed E-state index contributed by atoms with van der Waals surface area (Å²) in [6.45, 7) is 3.54. The maximum atomic E-state index is 11.9. The second-order valence-electron chi connectivity index (χ2n) is 5.25. The van der Waals surface area contributed by atoms with Crippen LogP contribution in [0.3, 0.4) is 0 Å². The van der Waals surface area contributed by atoms with Gasteiger partial charge in [0.1, 0.15) is 11.5 Å². The quantitative estimate of drug-likeness (QED) is 0.571. The van der Waals surface area contributed by atoms with Gasteiger partial charge in [0.05, 0.1) is 10.7 Å². The van der Waals surface area contributed by atoms with Gasteiger partial charge in [-0.25, -0.2) is 0 Å². The summed E-state index contributed by atoms with van der Waals surface area (Å²) in [6, 6.07) is 10.4. The average Bonchev–Trinajstić information content (AvgIpc) is 2.49. The number of phenols is 1. The van der Waals surface area contributed by atoms with Crippen LogP contribution in [0.2, 0.25) is 5.02 Å². The summed E-state index contributed by atoms with van der Waals surface area (Å²) in [5.74, 6) is 0.0394. The Morgan fingerprint density at radius 2 is 1.88 bits per heavy atom. The van der Waals surface area contributed by atoms with Crippen molar-refractivity contribution in [2.24, 2.45) is 0 Å². The Bertz CT molecular complexity index is 780. The summed E-state index contributed by atoms with van der Waals surface area (Å²) < 4.78 is 5.36. The Balaban J connectivity index is 1.86. The Kier molecular flexibility index (Phi) is 6.00. The van der Waals surface area contributed by atoms with Gasteiger partial charge in [0.15, 0.2) is 11.7 Å². The first-order valence-electron chi connectivity index (χ1n) is 7.14. The van der Waals surface area contributed by atoms with Crippen molar-refractivity contribution < 1.29 is 14.6 Å². The van der Waals surface area contributed by atoms with Crippen LogP contribution in [0.25, 0.3) is 0 Å². The van der Waals surface area contributed by atoms with Crippen molar-refractivity contribution in [3.05, 3.63) is 52.5 Å². The van der Waals surface area contributed by atoms with E-state index in [0.29, 0.717) is 16.5 Å². The molecular formula is C17H17ClN2O3S. The van der Waals surface area contributed by atoms with E-state index in [9.17, 15) is 9.90 Å². The number of hydrogen-bond donors (Lipinski definition) is 3. The van der Waals surface area contributed by atoms with Crippen LogP contribution in [0.15, 0.2) is 36.4 Å². The average molecular weight is 365 g/mol. The van der Waals surface area contributed by atoms with Crippen LogP contribution in [-0.4, -0.2) is 22.7 Å². The fourth-order valence-electron chi connectivity index (χ4n) is 1.93. The SMILES string of the molecule is Cc1ccc(NC(=S)NC(=O)COc2ccc(C)cc2Cl)c(O)c1. The van der Waals surface area contributed by atoms with E-state index in [1.165, 1.54) is 0 Å². The zero-order valence-corrected chi connectivity index (χ0v) is 14.8. The highest BCUT2D eigenvalue weighted by Crippen LogP contribution is 2.25. The summed E-state index contributed by atoms with van der Waals surface area (Å²) in [6.07, 6.45) is 0. The second kappa shape index (κ2) is 7.99. The first kappa shape index (κ1) is 18.0. The number of phenolic OH excluding ortho intramolecular Hbond substituents is 1. The maximum Gasteiger partial charge on any atom is 0.264 e. The monoisotopic (exact) mass is 364 g/mol. The number of anilines is 1. The van der Waals surface area contributed by atoms with Crippen LogP contribution in [0.5, 0.6) is 11.5 Å². The van der Waals surface area contributed by atoms with Gasteiger partial charge in [-0.15, -0.1) is 0 Å². The van der Waals surface area contributed by atoms with Gasteiger partial charge in [0, 0.05) is 0 Å². The minimum atomic E-state index is -0.434. The van der Waals surface area contributed by atoms with E-state index in [4.69, 9.17) is 28.6 Å². The van der Waals surface area contributed by atoms with Gasteiger partial charge in [-0.05, 0) is 61.5 Å². The molecule has 24 heavy (non-hydrogen) atoms. The molecule has 0 aromatic heterocycles. The number of thiocarbonyl (C=S) groups is 1. The van der Waals surface area contributed by atoms with Gasteiger partial charge < -0.3 is 15.2 Å². The zero-order valence-electron chi connectivity index (χ0n) is 13.2. The number of amides is 1. The van der Waals surface area contributed by atoms with Gasteiger partial charge >= 0.3 is 0 Å². The molecule has 1 amide bonds. The van der Waals surface area contributed by atoms with Gasteiger partial charge in [0.25, 0.3) is 5.91 Å². The summed E-state index contributed by atoms with van der Waals surface area (Å²) in [4.78, 5) is 11.9. The number of aryl methyl sites for hydroxylation is 2. The highest BCUT2D eigenvalue weighted by molar-refractivity contribution is 7.80. The predicted octanol–water partition coefficient (Wildman–Crippen LogP) is 3.55. The molecule has 5 nitrogen and oxygen atoms in total. The lowest BCUT2D eigenvalue weighted by molar-refractivity contribution is -0.121. The molecule has 0 atom stereocenters. The topological polar surface area (TPSA) is 70.6 Å². The molecule has 0 saturated carbocycles. The Hall–Kier alpha value is -2.31. The number of hydrogen-bond acceptors (Lipinski definition) is 4. The molecule has 2 rings (SSSR count).